The molecule has 21 heavy (non-hydrogen) atoms. The summed E-state index contributed by atoms with van der Waals surface area (Å²) in [6.45, 7) is 6.43. The Labute approximate surface area is 126 Å². The summed E-state index contributed by atoms with van der Waals surface area (Å²) in [7, 11) is 0. The average molecular weight is 291 g/mol. The van der Waals surface area contributed by atoms with Gasteiger partial charge in [0.25, 0.3) is 0 Å². The van der Waals surface area contributed by atoms with Crippen LogP contribution in [0.15, 0.2) is 18.2 Å². The van der Waals surface area contributed by atoms with E-state index in [2.05, 4.69) is 30.9 Å². The van der Waals surface area contributed by atoms with Crippen molar-refractivity contribution in [3.8, 4) is 5.75 Å². The van der Waals surface area contributed by atoms with Gasteiger partial charge in [0.05, 0.1) is 13.0 Å². The molecule has 0 aliphatic heterocycles. The monoisotopic (exact) mass is 291 g/mol. The highest BCUT2D eigenvalue weighted by Gasteiger charge is 2.28. The van der Waals surface area contributed by atoms with Gasteiger partial charge < -0.3 is 9.84 Å². The van der Waals surface area contributed by atoms with Gasteiger partial charge in [0.15, 0.2) is 0 Å². The zero-order valence-electron chi connectivity index (χ0n) is 13.0. The van der Waals surface area contributed by atoms with Crippen LogP contribution in [-0.4, -0.2) is 41.7 Å². The molecule has 0 atom stereocenters. The second kappa shape index (κ2) is 7.46. The Morgan fingerprint density at radius 3 is 2.67 bits per heavy atom. The van der Waals surface area contributed by atoms with Crippen molar-refractivity contribution in [1.82, 2.24) is 4.90 Å². The molecular formula is C17H25NO3. The minimum atomic E-state index is -0.716. The summed E-state index contributed by atoms with van der Waals surface area (Å²) in [5.41, 5.74) is 2.52. The Balaban J connectivity index is 1.69. The van der Waals surface area contributed by atoms with E-state index >= 15 is 0 Å². The number of hydrogen-bond donors (Lipinski definition) is 1. The van der Waals surface area contributed by atoms with Crippen LogP contribution in [0, 0.1) is 13.8 Å². The van der Waals surface area contributed by atoms with Gasteiger partial charge in [-0.3, -0.25) is 9.69 Å². The molecule has 4 heteroatoms. The van der Waals surface area contributed by atoms with Crippen LogP contribution in [0.3, 0.4) is 0 Å². The number of carboxylic acids is 1. The Morgan fingerprint density at radius 1 is 1.29 bits per heavy atom. The van der Waals surface area contributed by atoms with Crippen LogP contribution in [-0.2, 0) is 4.79 Å². The predicted molar refractivity (Wildman–Crippen MR) is 82.9 cm³/mol. The Bertz CT molecular complexity index is 483. The molecular weight excluding hydrogens is 266 g/mol. The third-order valence-corrected chi connectivity index (χ3v) is 4.01. The van der Waals surface area contributed by atoms with Crippen LogP contribution < -0.4 is 4.74 Å². The molecule has 0 heterocycles. The summed E-state index contributed by atoms with van der Waals surface area (Å²) in [4.78, 5) is 13.0. The normalized spacial score (nSPS) is 14.4. The van der Waals surface area contributed by atoms with Crippen molar-refractivity contribution in [3.05, 3.63) is 29.3 Å². The zero-order valence-corrected chi connectivity index (χ0v) is 13.0. The van der Waals surface area contributed by atoms with Crippen LogP contribution in [0.4, 0.5) is 0 Å². The van der Waals surface area contributed by atoms with E-state index in [0.29, 0.717) is 19.2 Å². The first-order valence-electron chi connectivity index (χ1n) is 7.72. The molecule has 1 saturated carbocycles. The van der Waals surface area contributed by atoms with Gasteiger partial charge in [0.1, 0.15) is 5.75 Å². The maximum atomic E-state index is 10.7. The van der Waals surface area contributed by atoms with Gasteiger partial charge in [-0.15, -0.1) is 0 Å². The number of carboxylic acid groups (broad SMARTS) is 1. The smallest absolute Gasteiger partial charge is 0.304 e. The average Bonchev–Trinajstić information content (AvgIpc) is 3.26. The largest absolute Gasteiger partial charge is 0.494 e. The molecule has 2 rings (SSSR count). The number of aliphatic carboxylic acids is 1. The van der Waals surface area contributed by atoms with Gasteiger partial charge in [0.2, 0.25) is 0 Å². The quantitative estimate of drug-likeness (QED) is 0.711. The van der Waals surface area contributed by atoms with Crippen LogP contribution >= 0.6 is 0 Å². The maximum Gasteiger partial charge on any atom is 0.304 e. The first-order chi connectivity index (χ1) is 10.1. The summed E-state index contributed by atoms with van der Waals surface area (Å²) in [5, 5.41) is 8.78. The Morgan fingerprint density at radius 2 is 2.05 bits per heavy atom. The lowest BCUT2D eigenvalue weighted by molar-refractivity contribution is -0.137. The number of aryl methyl sites for hydroxylation is 2. The van der Waals surface area contributed by atoms with Crippen molar-refractivity contribution in [2.45, 2.75) is 45.6 Å². The number of hydrogen-bond acceptors (Lipinski definition) is 3. The van der Waals surface area contributed by atoms with E-state index < -0.39 is 5.97 Å². The molecule has 0 aromatic heterocycles. The molecule has 1 N–H and O–H groups in total. The highest BCUT2D eigenvalue weighted by Crippen LogP contribution is 2.27. The third kappa shape index (κ3) is 5.38. The molecule has 1 aromatic carbocycles. The van der Waals surface area contributed by atoms with E-state index in [1.165, 1.54) is 24.0 Å². The number of rotatable bonds is 9. The number of ether oxygens (including phenoxy) is 1. The molecule has 1 aliphatic carbocycles. The molecule has 1 fully saturated rings. The topological polar surface area (TPSA) is 49.8 Å². The summed E-state index contributed by atoms with van der Waals surface area (Å²) in [5.74, 6) is 0.202. The second-order valence-electron chi connectivity index (χ2n) is 5.86. The first-order valence-corrected chi connectivity index (χ1v) is 7.72. The Hall–Kier alpha value is -1.55. The third-order valence-electron chi connectivity index (χ3n) is 4.01. The summed E-state index contributed by atoms with van der Waals surface area (Å²) >= 11 is 0. The lowest BCUT2D eigenvalue weighted by Gasteiger charge is -2.21. The van der Waals surface area contributed by atoms with Crippen molar-refractivity contribution in [2.24, 2.45) is 0 Å². The molecule has 1 aliphatic rings. The van der Waals surface area contributed by atoms with Crippen molar-refractivity contribution in [3.63, 3.8) is 0 Å². The van der Waals surface area contributed by atoms with Gasteiger partial charge >= 0.3 is 5.97 Å². The molecule has 1 aromatic rings. The summed E-state index contributed by atoms with van der Waals surface area (Å²) in [6.07, 6.45) is 3.58. The van der Waals surface area contributed by atoms with Crippen LogP contribution in [0.25, 0.3) is 0 Å². The van der Waals surface area contributed by atoms with Crippen LogP contribution in [0.5, 0.6) is 5.75 Å². The highest BCUT2D eigenvalue weighted by atomic mass is 16.5. The lowest BCUT2D eigenvalue weighted by Crippen LogP contribution is -2.30. The van der Waals surface area contributed by atoms with Crippen molar-refractivity contribution < 1.29 is 14.6 Å². The minimum Gasteiger partial charge on any atom is -0.494 e. The van der Waals surface area contributed by atoms with E-state index in [1.54, 1.807) is 0 Å². The molecule has 0 saturated heterocycles. The van der Waals surface area contributed by atoms with Gasteiger partial charge in [0, 0.05) is 19.1 Å². The fourth-order valence-corrected chi connectivity index (χ4v) is 2.42. The zero-order chi connectivity index (χ0) is 15.2. The SMILES string of the molecule is Cc1ccc(OCCCN(CCC(=O)O)C2CC2)cc1C. The summed E-state index contributed by atoms with van der Waals surface area (Å²) in [6, 6.07) is 6.75. The van der Waals surface area contributed by atoms with Crippen LogP contribution in [0.2, 0.25) is 0 Å². The first kappa shape index (κ1) is 15.8. The minimum absolute atomic E-state index is 0.231. The lowest BCUT2D eigenvalue weighted by atomic mass is 10.1. The number of benzene rings is 1. The molecule has 116 valence electrons. The van der Waals surface area contributed by atoms with Crippen LogP contribution in [0.1, 0.15) is 36.8 Å². The summed E-state index contributed by atoms with van der Waals surface area (Å²) < 4.78 is 5.77. The fourth-order valence-electron chi connectivity index (χ4n) is 2.42. The molecule has 0 spiro atoms. The van der Waals surface area contributed by atoms with E-state index in [0.717, 1.165) is 18.7 Å². The van der Waals surface area contributed by atoms with E-state index in [4.69, 9.17) is 9.84 Å². The van der Waals surface area contributed by atoms with Gasteiger partial charge in [-0.2, -0.15) is 0 Å². The highest BCUT2D eigenvalue weighted by molar-refractivity contribution is 5.66. The van der Waals surface area contributed by atoms with Crippen molar-refractivity contribution >= 4 is 5.97 Å². The van der Waals surface area contributed by atoms with Gasteiger partial charge in [-0.25, -0.2) is 0 Å². The number of nitrogens with zero attached hydrogens (tertiary/aromatic N) is 1. The number of carbonyl (C=O) groups is 1. The second-order valence-corrected chi connectivity index (χ2v) is 5.86. The Kier molecular flexibility index (Phi) is 5.62. The predicted octanol–water partition coefficient (Wildman–Crippen LogP) is 3.01. The molecule has 4 nitrogen and oxygen atoms in total. The van der Waals surface area contributed by atoms with Crippen molar-refractivity contribution in [1.29, 1.82) is 0 Å². The van der Waals surface area contributed by atoms with Crippen molar-refractivity contribution in [2.75, 3.05) is 19.7 Å². The van der Waals surface area contributed by atoms with Gasteiger partial charge in [-0.05, 0) is 56.4 Å². The fraction of sp³-hybridized carbons (Fsp3) is 0.588. The standard InChI is InChI=1S/C17H25NO3/c1-13-4-7-16(12-14(13)2)21-11-3-9-18(15-5-6-15)10-8-17(19)20/h4,7,12,15H,3,5-6,8-11H2,1-2H3,(H,19,20). The molecule has 0 amide bonds. The van der Waals surface area contributed by atoms with E-state index in [-0.39, 0.29) is 6.42 Å². The van der Waals surface area contributed by atoms with Gasteiger partial charge in [-0.1, -0.05) is 6.07 Å². The molecule has 0 bridgehead atoms. The maximum absolute atomic E-state index is 10.7. The molecule has 0 radical (unpaired) electrons. The van der Waals surface area contributed by atoms with E-state index in [1.807, 2.05) is 6.07 Å². The van der Waals surface area contributed by atoms with E-state index in [9.17, 15) is 4.79 Å². The molecule has 0 unspecified atom stereocenters.